The van der Waals surface area contributed by atoms with E-state index in [1.54, 1.807) is 50.2 Å². The van der Waals surface area contributed by atoms with Gasteiger partial charge in [0.1, 0.15) is 23.1 Å². The monoisotopic (exact) mass is 336 g/mol. The van der Waals surface area contributed by atoms with Crippen molar-refractivity contribution in [2.45, 2.75) is 20.8 Å². The predicted molar refractivity (Wildman–Crippen MR) is 97.4 cm³/mol. The van der Waals surface area contributed by atoms with Crippen LogP contribution in [0.4, 0.5) is 5.69 Å². The quantitative estimate of drug-likeness (QED) is 0.640. The summed E-state index contributed by atoms with van der Waals surface area (Å²) in [5.41, 5.74) is 2.63. The number of carbonyl (C=O) groups excluding carboxylic acids is 1. The van der Waals surface area contributed by atoms with Crippen LogP contribution < -0.4 is 10.1 Å². The van der Waals surface area contributed by atoms with Crippen molar-refractivity contribution in [3.63, 3.8) is 0 Å². The third-order valence-corrected chi connectivity index (χ3v) is 3.61. The van der Waals surface area contributed by atoms with E-state index in [2.05, 4.69) is 5.32 Å². The van der Waals surface area contributed by atoms with Crippen LogP contribution in [0.5, 0.6) is 11.5 Å². The smallest absolute Gasteiger partial charge is 0.266 e. The first-order valence-corrected chi connectivity index (χ1v) is 7.90. The minimum Gasteiger partial charge on any atom is -0.507 e. The van der Waals surface area contributed by atoms with Crippen molar-refractivity contribution < 1.29 is 14.6 Å². The summed E-state index contributed by atoms with van der Waals surface area (Å²) in [4.78, 5) is 12.3. The number of phenols is 1. The minimum atomic E-state index is -0.491. The molecule has 0 spiro atoms. The number of hydrogen-bond acceptors (Lipinski definition) is 4. The number of benzene rings is 2. The molecule has 5 heteroatoms. The van der Waals surface area contributed by atoms with Crippen molar-refractivity contribution in [2.75, 3.05) is 11.9 Å². The summed E-state index contributed by atoms with van der Waals surface area (Å²) in [5, 5.41) is 21.8. The van der Waals surface area contributed by atoms with E-state index in [0.29, 0.717) is 34.7 Å². The fourth-order valence-corrected chi connectivity index (χ4v) is 2.39. The fourth-order valence-electron chi connectivity index (χ4n) is 2.39. The molecule has 0 bridgehead atoms. The first-order valence-electron chi connectivity index (χ1n) is 7.90. The topological polar surface area (TPSA) is 82.3 Å². The maximum Gasteiger partial charge on any atom is 0.266 e. The fraction of sp³-hybridized carbons (Fsp3) is 0.200. The number of rotatable bonds is 5. The summed E-state index contributed by atoms with van der Waals surface area (Å²) in [6, 6.07) is 12.3. The lowest BCUT2D eigenvalue weighted by Crippen LogP contribution is -2.13. The van der Waals surface area contributed by atoms with E-state index in [9.17, 15) is 15.2 Å². The second-order valence-electron chi connectivity index (χ2n) is 5.58. The zero-order valence-corrected chi connectivity index (χ0v) is 14.5. The minimum absolute atomic E-state index is 0.0154. The lowest BCUT2D eigenvalue weighted by atomic mass is 10.0. The van der Waals surface area contributed by atoms with Crippen LogP contribution in [-0.4, -0.2) is 17.6 Å². The normalized spacial score (nSPS) is 10.9. The number of hydrogen-bond donors (Lipinski definition) is 2. The zero-order valence-electron chi connectivity index (χ0n) is 14.5. The molecule has 0 atom stereocenters. The van der Waals surface area contributed by atoms with E-state index < -0.39 is 5.91 Å². The predicted octanol–water partition coefficient (Wildman–Crippen LogP) is 3.95. The number of carbonyl (C=O) groups is 1. The Kier molecular flexibility index (Phi) is 5.80. The summed E-state index contributed by atoms with van der Waals surface area (Å²) in [6.45, 7) is 6.00. The molecule has 2 aromatic rings. The van der Waals surface area contributed by atoms with E-state index >= 15 is 0 Å². The van der Waals surface area contributed by atoms with Crippen LogP contribution in [0, 0.1) is 25.2 Å². The van der Waals surface area contributed by atoms with Crippen LogP contribution in [0.15, 0.2) is 42.0 Å². The van der Waals surface area contributed by atoms with Gasteiger partial charge in [0.2, 0.25) is 0 Å². The first-order chi connectivity index (χ1) is 11.9. The molecule has 2 aromatic carbocycles. The molecule has 0 fully saturated rings. The molecule has 0 saturated carbocycles. The van der Waals surface area contributed by atoms with Gasteiger partial charge in [0, 0.05) is 5.69 Å². The SMILES string of the molecule is CCOc1ccc(NC(=O)/C(C#N)=C\c2cc(C)c(O)c(C)c2)cc1. The average Bonchev–Trinajstić information content (AvgIpc) is 2.59. The highest BCUT2D eigenvalue weighted by Gasteiger charge is 2.11. The molecular weight excluding hydrogens is 316 g/mol. The highest BCUT2D eigenvalue weighted by atomic mass is 16.5. The Balaban J connectivity index is 2.19. The van der Waals surface area contributed by atoms with Crippen molar-refractivity contribution in [1.29, 1.82) is 5.26 Å². The van der Waals surface area contributed by atoms with Gasteiger partial charge in [0.25, 0.3) is 5.91 Å². The van der Waals surface area contributed by atoms with Gasteiger partial charge in [-0.3, -0.25) is 4.79 Å². The molecule has 0 aromatic heterocycles. The molecule has 0 heterocycles. The molecule has 128 valence electrons. The molecule has 2 rings (SSSR count). The van der Waals surface area contributed by atoms with Crippen LogP contribution in [0.25, 0.3) is 6.08 Å². The number of anilines is 1. The van der Waals surface area contributed by atoms with Gasteiger partial charge in [-0.1, -0.05) is 0 Å². The van der Waals surface area contributed by atoms with E-state index in [-0.39, 0.29) is 11.3 Å². The van der Waals surface area contributed by atoms with Gasteiger partial charge < -0.3 is 15.2 Å². The van der Waals surface area contributed by atoms with E-state index in [1.165, 1.54) is 6.08 Å². The maximum absolute atomic E-state index is 12.3. The molecule has 0 aliphatic heterocycles. The number of nitriles is 1. The lowest BCUT2D eigenvalue weighted by Gasteiger charge is -2.08. The van der Waals surface area contributed by atoms with Gasteiger partial charge in [-0.15, -0.1) is 0 Å². The third kappa shape index (κ3) is 4.61. The Hall–Kier alpha value is -3.26. The van der Waals surface area contributed by atoms with Gasteiger partial charge >= 0.3 is 0 Å². The van der Waals surface area contributed by atoms with E-state index in [0.717, 1.165) is 0 Å². The van der Waals surface area contributed by atoms with E-state index in [4.69, 9.17) is 4.74 Å². The van der Waals surface area contributed by atoms with Crippen LogP contribution in [-0.2, 0) is 4.79 Å². The van der Waals surface area contributed by atoms with Gasteiger partial charge in [-0.2, -0.15) is 5.26 Å². The Labute approximate surface area is 147 Å². The molecule has 5 nitrogen and oxygen atoms in total. The molecular formula is C20H20N2O3. The summed E-state index contributed by atoms with van der Waals surface area (Å²) in [7, 11) is 0. The summed E-state index contributed by atoms with van der Waals surface area (Å²) in [6.07, 6.45) is 1.50. The second kappa shape index (κ2) is 8.02. The van der Waals surface area contributed by atoms with Gasteiger partial charge in [-0.05, 0) is 79.9 Å². The van der Waals surface area contributed by atoms with E-state index in [1.807, 2.05) is 13.0 Å². The van der Waals surface area contributed by atoms with Crippen molar-refractivity contribution in [3.8, 4) is 17.6 Å². The zero-order chi connectivity index (χ0) is 18.4. The number of nitrogens with one attached hydrogen (secondary N) is 1. The molecule has 0 radical (unpaired) electrons. The Morgan fingerprint density at radius 3 is 2.36 bits per heavy atom. The molecule has 2 N–H and O–H groups in total. The van der Waals surface area contributed by atoms with Crippen LogP contribution in [0.1, 0.15) is 23.6 Å². The number of aromatic hydroxyl groups is 1. The molecule has 0 unspecified atom stereocenters. The molecule has 25 heavy (non-hydrogen) atoms. The third-order valence-electron chi connectivity index (χ3n) is 3.61. The first kappa shape index (κ1) is 18.1. The number of phenolic OH excluding ortho intramolecular Hbond substituents is 1. The van der Waals surface area contributed by atoms with Crippen LogP contribution in [0.3, 0.4) is 0 Å². The average molecular weight is 336 g/mol. The summed E-state index contributed by atoms with van der Waals surface area (Å²) >= 11 is 0. The largest absolute Gasteiger partial charge is 0.507 e. The molecule has 0 aliphatic carbocycles. The molecule has 0 aliphatic rings. The number of amides is 1. The van der Waals surface area contributed by atoms with Crippen LogP contribution >= 0.6 is 0 Å². The van der Waals surface area contributed by atoms with Gasteiger partial charge in [-0.25, -0.2) is 0 Å². The Bertz CT molecular complexity index is 823. The van der Waals surface area contributed by atoms with Crippen molar-refractivity contribution in [3.05, 3.63) is 58.7 Å². The summed E-state index contributed by atoms with van der Waals surface area (Å²) < 4.78 is 5.35. The van der Waals surface area contributed by atoms with Gasteiger partial charge in [0.15, 0.2) is 0 Å². The lowest BCUT2D eigenvalue weighted by molar-refractivity contribution is -0.112. The Morgan fingerprint density at radius 1 is 1.24 bits per heavy atom. The number of aryl methyl sites for hydroxylation is 2. The van der Waals surface area contributed by atoms with Crippen molar-refractivity contribution in [1.82, 2.24) is 0 Å². The number of ether oxygens (including phenoxy) is 1. The van der Waals surface area contributed by atoms with Crippen molar-refractivity contribution >= 4 is 17.7 Å². The van der Waals surface area contributed by atoms with Crippen molar-refractivity contribution in [2.24, 2.45) is 0 Å². The highest BCUT2D eigenvalue weighted by Crippen LogP contribution is 2.24. The highest BCUT2D eigenvalue weighted by molar-refractivity contribution is 6.09. The maximum atomic E-state index is 12.3. The molecule has 1 amide bonds. The standard InChI is InChI=1S/C20H20N2O3/c1-4-25-18-7-5-17(6-8-18)22-20(24)16(12-21)11-15-9-13(2)19(23)14(3)10-15/h5-11,23H,4H2,1-3H3,(H,22,24)/b16-11-. The van der Waals surface area contributed by atoms with Crippen LogP contribution in [0.2, 0.25) is 0 Å². The second-order valence-corrected chi connectivity index (χ2v) is 5.58. The number of nitrogens with zero attached hydrogens (tertiary/aromatic N) is 1. The Morgan fingerprint density at radius 2 is 1.84 bits per heavy atom. The summed E-state index contributed by atoms with van der Waals surface area (Å²) in [5.74, 6) is 0.441. The molecule has 0 saturated heterocycles. The van der Waals surface area contributed by atoms with Gasteiger partial charge in [0.05, 0.1) is 6.61 Å².